The van der Waals surface area contributed by atoms with E-state index in [4.69, 9.17) is 0 Å². The molecule has 2 atom stereocenters. The average Bonchev–Trinajstić information content (AvgIpc) is 3.31. The molecule has 3 N–H and O–H groups in total. The zero-order valence-corrected chi connectivity index (χ0v) is 20.5. The van der Waals surface area contributed by atoms with Crippen molar-refractivity contribution in [2.24, 2.45) is 0 Å². The summed E-state index contributed by atoms with van der Waals surface area (Å²) in [5, 5.41) is 13.1. The molecule has 6 nitrogen and oxygen atoms in total. The number of aliphatic hydroxyl groups excluding tert-OH is 1. The molecule has 1 saturated heterocycles. The summed E-state index contributed by atoms with van der Waals surface area (Å²) in [5.74, 6) is -5.16. The molecule has 0 saturated carbocycles. The molecule has 0 bridgehead atoms. The summed E-state index contributed by atoms with van der Waals surface area (Å²) < 4.78 is 72.5. The van der Waals surface area contributed by atoms with Gasteiger partial charge in [-0.2, -0.15) is 0 Å². The van der Waals surface area contributed by atoms with Crippen LogP contribution in [0, 0.1) is 11.6 Å². The Kier molecular flexibility index (Phi) is 7.12. The van der Waals surface area contributed by atoms with Gasteiger partial charge in [0.2, 0.25) is 0 Å². The maximum atomic E-state index is 15.7. The standard InChI is InChI=1S/C26H30F5N5O/c1-15-7-19-18-3-5-32-25(18)33-10-20(19)24(36(15)13-26(30,31)14-37)23-21(28)8-16(9-22(23)29)34-17-11-35(12-17)6-2-4-27/h3,5,8-10,15,17,24,34,37H,2,4,6-7,11-14H2,1H3,(H,32,33). The molecule has 2 aliphatic heterocycles. The normalized spacial score (nSPS) is 21.3. The molecule has 5 rings (SSSR count). The van der Waals surface area contributed by atoms with Gasteiger partial charge < -0.3 is 15.4 Å². The Morgan fingerprint density at radius 2 is 1.95 bits per heavy atom. The fourth-order valence-corrected chi connectivity index (χ4v) is 5.56. The zero-order valence-electron chi connectivity index (χ0n) is 20.5. The minimum absolute atomic E-state index is 0.0227. The number of alkyl halides is 3. The lowest BCUT2D eigenvalue weighted by Crippen LogP contribution is -2.54. The Labute approximate surface area is 211 Å². The molecule has 2 aromatic heterocycles. The monoisotopic (exact) mass is 523 g/mol. The van der Waals surface area contributed by atoms with Gasteiger partial charge in [0, 0.05) is 54.7 Å². The number of nitrogens with one attached hydrogen (secondary N) is 2. The van der Waals surface area contributed by atoms with E-state index in [0.29, 0.717) is 43.7 Å². The summed E-state index contributed by atoms with van der Waals surface area (Å²) in [6.45, 7) is 1.02. The smallest absolute Gasteiger partial charge is 0.283 e. The van der Waals surface area contributed by atoms with Crippen molar-refractivity contribution >= 4 is 16.7 Å². The van der Waals surface area contributed by atoms with Gasteiger partial charge in [-0.15, -0.1) is 0 Å². The van der Waals surface area contributed by atoms with Crippen LogP contribution in [-0.2, 0) is 6.42 Å². The van der Waals surface area contributed by atoms with Gasteiger partial charge in [0.25, 0.3) is 5.92 Å². The molecule has 11 heteroatoms. The van der Waals surface area contributed by atoms with E-state index in [1.165, 1.54) is 23.2 Å². The van der Waals surface area contributed by atoms with Crippen molar-refractivity contribution in [2.75, 3.05) is 44.8 Å². The molecule has 1 aromatic carbocycles. The summed E-state index contributed by atoms with van der Waals surface area (Å²) in [6.07, 6.45) is 4.03. The second kappa shape index (κ2) is 10.2. The van der Waals surface area contributed by atoms with Gasteiger partial charge in [0.15, 0.2) is 0 Å². The number of pyridine rings is 1. The van der Waals surface area contributed by atoms with Crippen LogP contribution in [0.4, 0.5) is 27.6 Å². The first-order valence-electron chi connectivity index (χ1n) is 12.4. The Bertz CT molecular complexity index is 1240. The second-order valence-corrected chi connectivity index (χ2v) is 10.1. The highest BCUT2D eigenvalue weighted by atomic mass is 19.3. The molecule has 0 radical (unpaired) electrons. The fraction of sp³-hybridized carbons (Fsp3) is 0.500. The van der Waals surface area contributed by atoms with E-state index < -0.39 is 42.8 Å². The Morgan fingerprint density at radius 3 is 2.62 bits per heavy atom. The first kappa shape index (κ1) is 25.9. The third kappa shape index (κ3) is 5.04. The Hall–Kier alpha value is -2.76. The molecule has 37 heavy (non-hydrogen) atoms. The van der Waals surface area contributed by atoms with E-state index in [1.54, 1.807) is 13.1 Å². The van der Waals surface area contributed by atoms with Gasteiger partial charge in [-0.25, -0.2) is 22.5 Å². The lowest BCUT2D eigenvalue weighted by molar-refractivity contribution is -0.0866. The van der Waals surface area contributed by atoms with Crippen LogP contribution in [0.2, 0.25) is 0 Å². The number of aromatic nitrogens is 2. The number of benzene rings is 1. The molecule has 0 aliphatic carbocycles. The first-order valence-corrected chi connectivity index (χ1v) is 12.4. The maximum absolute atomic E-state index is 15.7. The summed E-state index contributed by atoms with van der Waals surface area (Å²) in [7, 11) is 0. The molecule has 3 aromatic rings. The second-order valence-electron chi connectivity index (χ2n) is 10.1. The predicted molar refractivity (Wildman–Crippen MR) is 131 cm³/mol. The van der Waals surface area contributed by atoms with E-state index >= 15 is 8.78 Å². The number of aromatic amines is 1. The van der Waals surface area contributed by atoms with Crippen molar-refractivity contribution in [2.45, 2.75) is 43.8 Å². The summed E-state index contributed by atoms with van der Waals surface area (Å²) in [6, 6.07) is 2.52. The number of halogens is 5. The van der Waals surface area contributed by atoms with Crippen molar-refractivity contribution < 1.29 is 27.1 Å². The molecule has 1 fully saturated rings. The number of hydrogen-bond acceptors (Lipinski definition) is 5. The number of aliphatic hydroxyl groups is 1. The van der Waals surface area contributed by atoms with Crippen LogP contribution in [0.5, 0.6) is 0 Å². The molecular weight excluding hydrogens is 493 g/mol. The average molecular weight is 524 g/mol. The van der Waals surface area contributed by atoms with Gasteiger partial charge in [-0.1, -0.05) is 0 Å². The van der Waals surface area contributed by atoms with Crippen LogP contribution in [0.1, 0.15) is 36.1 Å². The number of fused-ring (bicyclic) bond motifs is 3. The molecule has 4 heterocycles. The summed E-state index contributed by atoms with van der Waals surface area (Å²) >= 11 is 0. The number of nitrogens with zero attached hydrogens (tertiary/aromatic N) is 3. The van der Waals surface area contributed by atoms with Crippen molar-refractivity contribution in [3.63, 3.8) is 0 Å². The zero-order chi connectivity index (χ0) is 26.3. The van der Waals surface area contributed by atoms with E-state index in [2.05, 4.69) is 15.3 Å². The number of likely N-dealkylation sites (tertiary alicyclic amines) is 1. The number of rotatable bonds is 9. The van der Waals surface area contributed by atoms with Crippen LogP contribution < -0.4 is 5.32 Å². The van der Waals surface area contributed by atoms with Crippen LogP contribution in [-0.4, -0.2) is 82.3 Å². The van der Waals surface area contributed by atoms with Gasteiger partial charge in [0.1, 0.15) is 23.9 Å². The molecule has 2 aliphatic rings. The lowest BCUT2D eigenvalue weighted by Gasteiger charge is -2.43. The highest BCUT2D eigenvalue weighted by molar-refractivity contribution is 5.81. The van der Waals surface area contributed by atoms with Crippen LogP contribution in [0.3, 0.4) is 0 Å². The maximum Gasteiger partial charge on any atom is 0.283 e. The lowest BCUT2D eigenvalue weighted by atomic mass is 9.84. The van der Waals surface area contributed by atoms with Gasteiger partial charge in [0.05, 0.1) is 25.3 Å². The van der Waals surface area contributed by atoms with Crippen molar-refractivity contribution in [1.82, 2.24) is 19.8 Å². The fourth-order valence-electron chi connectivity index (χ4n) is 5.56. The van der Waals surface area contributed by atoms with Gasteiger partial charge in [-0.3, -0.25) is 14.2 Å². The third-order valence-electron chi connectivity index (χ3n) is 7.36. The van der Waals surface area contributed by atoms with E-state index in [0.717, 1.165) is 10.9 Å². The van der Waals surface area contributed by atoms with Crippen LogP contribution >= 0.6 is 0 Å². The third-order valence-corrected chi connectivity index (χ3v) is 7.36. The molecule has 2 unspecified atom stereocenters. The number of hydrogen-bond donors (Lipinski definition) is 3. The predicted octanol–water partition coefficient (Wildman–Crippen LogP) is 4.26. The van der Waals surface area contributed by atoms with E-state index in [-0.39, 0.29) is 24.0 Å². The Morgan fingerprint density at radius 1 is 1.22 bits per heavy atom. The largest absolute Gasteiger partial charge is 0.390 e. The first-order chi connectivity index (χ1) is 17.7. The van der Waals surface area contributed by atoms with E-state index in [9.17, 15) is 18.3 Å². The highest BCUT2D eigenvalue weighted by Crippen LogP contribution is 2.43. The van der Waals surface area contributed by atoms with Crippen molar-refractivity contribution in [1.29, 1.82) is 0 Å². The number of H-pyrrole nitrogens is 1. The SMILES string of the molecule is CC1Cc2c(cnc3[nH]ccc23)C(c2c(F)cc(NC3CN(CCCF)C3)cc2F)N1CC(F)(F)CO. The minimum atomic E-state index is -3.46. The summed E-state index contributed by atoms with van der Waals surface area (Å²) in [4.78, 5) is 10.8. The molecular formula is C26H30F5N5O. The van der Waals surface area contributed by atoms with E-state index in [1.807, 2.05) is 11.0 Å². The highest BCUT2D eigenvalue weighted by Gasteiger charge is 2.43. The van der Waals surface area contributed by atoms with Crippen LogP contribution in [0.15, 0.2) is 30.6 Å². The molecule has 0 amide bonds. The van der Waals surface area contributed by atoms with Crippen LogP contribution in [0.25, 0.3) is 11.0 Å². The molecule has 200 valence electrons. The number of anilines is 1. The van der Waals surface area contributed by atoms with Crippen molar-refractivity contribution in [3.05, 3.63) is 58.9 Å². The molecule has 0 spiro atoms. The summed E-state index contributed by atoms with van der Waals surface area (Å²) in [5.41, 5.74) is 1.79. The van der Waals surface area contributed by atoms with Gasteiger partial charge in [-0.05, 0) is 49.1 Å². The van der Waals surface area contributed by atoms with Gasteiger partial charge >= 0.3 is 0 Å². The topological polar surface area (TPSA) is 67.4 Å². The quantitative estimate of drug-likeness (QED) is 0.366. The Balaban J connectivity index is 1.50. The van der Waals surface area contributed by atoms with Crippen molar-refractivity contribution in [3.8, 4) is 0 Å². The minimum Gasteiger partial charge on any atom is -0.390 e.